The average molecular weight is 415 g/mol. The molecule has 10 heteroatoms. The molecule has 1 aliphatic rings. The minimum Gasteiger partial charge on any atom is -0.481 e. The summed E-state index contributed by atoms with van der Waals surface area (Å²) >= 11 is 0. The van der Waals surface area contributed by atoms with E-state index >= 15 is 0 Å². The van der Waals surface area contributed by atoms with E-state index < -0.39 is 38.9 Å². The first-order valence-corrected chi connectivity index (χ1v) is 10.5. The molecule has 2 heterocycles. The fraction of sp³-hybridized carbons (Fsp3) is 0.611. The number of pyridine rings is 1. The lowest BCUT2D eigenvalue weighted by atomic mass is 9.83. The van der Waals surface area contributed by atoms with E-state index in [4.69, 9.17) is 14.0 Å². The van der Waals surface area contributed by atoms with Crippen molar-refractivity contribution in [2.24, 2.45) is 11.8 Å². The summed E-state index contributed by atoms with van der Waals surface area (Å²) in [5.41, 5.74) is 0.696. The lowest BCUT2D eigenvalue weighted by Gasteiger charge is -2.23. The lowest BCUT2D eigenvalue weighted by Crippen LogP contribution is -2.26. The molecule has 0 aromatic carbocycles. The standard InChI is InChI=1S/C18H25NO8S/c1-3-12(13-4-5-16(19-8-13)28(23,24)25)7-14(6-11(2)17(20)21)18(22)27-10-15-9-26-15/h4-5,8,11-12,14-15H,3,6-7,9-10H2,1-2H3,(H,20,21)(H,23,24,25). The van der Waals surface area contributed by atoms with E-state index in [0.717, 1.165) is 0 Å². The summed E-state index contributed by atoms with van der Waals surface area (Å²) in [6.07, 6.45) is 2.36. The van der Waals surface area contributed by atoms with Crippen molar-refractivity contribution in [2.75, 3.05) is 13.2 Å². The fourth-order valence-electron chi connectivity index (χ4n) is 2.94. The zero-order valence-electron chi connectivity index (χ0n) is 15.8. The number of aromatic nitrogens is 1. The number of carbonyl (C=O) groups is 2. The molecular formula is C18H25NO8S. The van der Waals surface area contributed by atoms with Crippen LogP contribution in [0.2, 0.25) is 0 Å². The van der Waals surface area contributed by atoms with E-state index in [1.807, 2.05) is 6.92 Å². The molecule has 1 aliphatic heterocycles. The second kappa shape index (κ2) is 9.44. The number of carbonyl (C=O) groups excluding carboxylic acids is 1. The number of aliphatic carboxylic acids is 1. The van der Waals surface area contributed by atoms with Gasteiger partial charge in [-0.05, 0) is 36.8 Å². The van der Waals surface area contributed by atoms with E-state index in [1.54, 1.807) is 0 Å². The normalized spacial score (nSPS) is 19.5. The number of carboxylic acid groups (broad SMARTS) is 1. The zero-order valence-corrected chi connectivity index (χ0v) is 16.6. The molecule has 0 amide bonds. The van der Waals surface area contributed by atoms with E-state index in [0.29, 0.717) is 25.0 Å². The third kappa shape index (κ3) is 6.54. The molecule has 0 spiro atoms. The predicted octanol–water partition coefficient (Wildman–Crippen LogP) is 1.88. The largest absolute Gasteiger partial charge is 0.481 e. The third-order valence-corrected chi connectivity index (χ3v) is 5.53. The first-order valence-electron chi connectivity index (χ1n) is 9.06. The Morgan fingerprint density at radius 1 is 1.36 bits per heavy atom. The maximum absolute atomic E-state index is 12.5. The van der Waals surface area contributed by atoms with E-state index in [9.17, 15) is 23.1 Å². The monoisotopic (exact) mass is 415 g/mol. The van der Waals surface area contributed by atoms with Gasteiger partial charge in [-0.25, -0.2) is 4.98 Å². The highest BCUT2D eigenvalue weighted by molar-refractivity contribution is 7.85. The topological polar surface area (TPSA) is 143 Å². The second-order valence-corrected chi connectivity index (χ2v) is 8.37. The number of rotatable bonds is 11. The van der Waals surface area contributed by atoms with Gasteiger partial charge >= 0.3 is 22.1 Å². The van der Waals surface area contributed by atoms with Crippen molar-refractivity contribution in [2.45, 2.75) is 50.2 Å². The number of ether oxygens (including phenoxy) is 2. The summed E-state index contributed by atoms with van der Waals surface area (Å²) in [7, 11) is -4.39. The Labute approximate surface area is 163 Å². The molecule has 156 valence electrons. The van der Waals surface area contributed by atoms with Crippen LogP contribution in [-0.2, 0) is 29.2 Å². The van der Waals surface area contributed by atoms with Gasteiger partial charge in [-0.1, -0.05) is 19.9 Å². The number of nitrogens with zero attached hydrogens (tertiary/aromatic N) is 1. The molecule has 9 nitrogen and oxygen atoms in total. The minimum atomic E-state index is -4.39. The summed E-state index contributed by atoms with van der Waals surface area (Å²) in [6, 6.07) is 2.73. The summed E-state index contributed by atoms with van der Waals surface area (Å²) in [4.78, 5) is 27.5. The van der Waals surface area contributed by atoms with Crippen LogP contribution in [0.1, 0.15) is 44.6 Å². The van der Waals surface area contributed by atoms with Gasteiger partial charge in [-0.15, -0.1) is 0 Å². The van der Waals surface area contributed by atoms with Gasteiger partial charge in [-0.2, -0.15) is 8.42 Å². The van der Waals surface area contributed by atoms with Crippen molar-refractivity contribution in [1.82, 2.24) is 4.98 Å². The molecule has 1 fully saturated rings. The van der Waals surface area contributed by atoms with Crippen LogP contribution >= 0.6 is 0 Å². The van der Waals surface area contributed by atoms with Crippen LogP contribution in [-0.4, -0.2) is 54.3 Å². The Balaban J connectivity index is 2.13. The van der Waals surface area contributed by atoms with Gasteiger partial charge in [-0.3, -0.25) is 14.1 Å². The number of carboxylic acids is 1. The van der Waals surface area contributed by atoms with Crippen LogP contribution in [0.4, 0.5) is 0 Å². The quantitative estimate of drug-likeness (QED) is 0.314. The number of hydrogen-bond donors (Lipinski definition) is 2. The molecule has 1 saturated heterocycles. The highest BCUT2D eigenvalue weighted by atomic mass is 32.2. The van der Waals surface area contributed by atoms with Gasteiger partial charge in [0.2, 0.25) is 0 Å². The minimum absolute atomic E-state index is 0.0827. The van der Waals surface area contributed by atoms with Crippen LogP contribution in [0.25, 0.3) is 0 Å². The van der Waals surface area contributed by atoms with Crippen molar-refractivity contribution in [3.05, 3.63) is 23.9 Å². The van der Waals surface area contributed by atoms with E-state index in [2.05, 4.69) is 4.98 Å². The number of epoxide rings is 1. The van der Waals surface area contributed by atoms with Crippen LogP contribution in [0, 0.1) is 11.8 Å². The van der Waals surface area contributed by atoms with E-state index in [1.165, 1.54) is 25.3 Å². The second-order valence-electron chi connectivity index (χ2n) is 7.00. The summed E-state index contributed by atoms with van der Waals surface area (Å²) in [5.74, 6) is -2.96. The summed E-state index contributed by atoms with van der Waals surface area (Å²) in [6.45, 7) is 4.14. The molecule has 4 atom stereocenters. The van der Waals surface area contributed by atoms with E-state index in [-0.39, 0.29) is 25.0 Å². The molecule has 0 aliphatic carbocycles. The molecule has 1 aromatic rings. The molecule has 4 unspecified atom stereocenters. The number of esters is 1. The molecule has 0 saturated carbocycles. The smallest absolute Gasteiger partial charge is 0.312 e. The zero-order chi connectivity index (χ0) is 20.9. The fourth-order valence-corrected chi connectivity index (χ4v) is 3.37. The van der Waals surface area contributed by atoms with Gasteiger partial charge in [0.1, 0.15) is 12.7 Å². The van der Waals surface area contributed by atoms with Gasteiger partial charge in [0.25, 0.3) is 0 Å². The molecule has 2 rings (SSSR count). The van der Waals surface area contributed by atoms with Crippen molar-refractivity contribution in [3.8, 4) is 0 Å². The third-order valence-electron chi connectivity index (χ3n) is 4.76. The first kappa shape index (κ1) is 22.3. The van der Waals surface area contributed by atoms with Crippen LogP contribution in [0.5, 0.6) is 0 Å². The highest BCUT2D eigenvalue weighted by Crippen LogP contribution is 2.31. The molecule has 28 heavy (non-hydrogen) atoms. The molecule has 1 aromatic heterocycles. The molecular weight excluding hydrogens is 390 g/mol. The van der Waals surface area contributed by atoms with Gasteiger partial charge in [0, 0.05) is 6.20 Å². The van der Waals surface area contributed by atoms with Crippen LogP contribution < -0.4 is 0 Å². The van der Waals surface area contributed by atoms with Crippen molar-refractivity contribution >= 4 is 22.1 Å². The average Bonchev–Trinajstić information content (AvgIpc) is 3.46. The van der Waals surface area contributed by atoms with Gasteiger partial charge < -0.3 is 14.6 Å². The first-order chi connectivity index (χ1) is 13.1. The van der Waals surface area contributed by atoms with Crippen molar-refractivity contribution in [1.29, 1.82) is 0 Å². The lowest BCUT2D eigenvalue weighted by molar-refractivity contribution is -0.151. The Morgan fingerprint density at radius 3 is 2.50 bits per heavy atom. The maximum atomic E-state index is 12.5. The van der Waals surface area contributed by atoms with Gasteiger partial charge in [0.15, 0.2) is 5.03 Å². The summed E-state index contributed by atoms with van der Waals surface area (Å²) < 4.78 is 41.6. The number of hydrogen-bond acceptors (Lipinski definition) is 7. The Morgan fingerprint density at radius 2 is 2.04 bits per heavy atom. The van der Waals surface area contributed by atoms with Crippen molar-refractivity contribution < 1.29 is 37.1 Å². The summed E-state index contributed by atoms with van der Waals surface area (Å²) in [5, 5.41) is 8.74. The molecule has 2 N–H and O–H groups in total. The van der Waals surface area contributed by atoms with Crippen LogP contribution in [0.15, 0.2) is 23.4 Å². The Bertz CT molecular complexity index is 788. The van der Waals surface area contributed by atoms with Gasteiger partial charge in [0.05, 0.1) is 18.4 Å². The maximum Gasteiger partial charge on any atom is 0.312 e. The highest BCUT2D eigenvalue weighted by Gasteiger charge is 2.31. The molecule has 0 radical (unpaired) electrons. The molecule has 0 bridgehead atoms. The Kier molecular flexibility index (Phi) is 7.50. The van der Waals surface area contributed by atoms with Crippen LogP contribution in [0.3, 0.4) is 0 Å². The van der Waals surface area contributed by atoms with Crippen molar-refractivity contribution in [3.63, 3.8) is 0 Å². The Hall–Kier alpha value is -2.04. The predicted molar refractivity (Wildman–Crippen MR) is 97.3 cm³/mol. The SMILES string of the molecule is CCC(CC(CC(C)C(=O)O)C(=O)OCC1CO1)c1ccc(S(=O)(=O)O)nc1.